The highest BCUT2D eigenvalue weighted by molar-refractivity contribution is 5.89. The molecule has 5 heteroatoms. The molecule has 21 heavy (non-hydrogen) atoms. The largest absolute Gasteiger partial charge is 0.481 e. The van der Waals surface area contributed by atoms with Crippen LogP contribution in [0.5, 0.6) is 0 Å². The predicted octanol–water partition coefficient (Wildman–Crippen LogP) is 2.96. The zero-order valence-corrected chi connectivity index (χ0v) is 12.2. The molecule has 112 valence electrons. The van der Waals surface area contributed by atoms with E-state index in [4.69, 9.17) is 5.11 Å². The van der Waals surface area contributed by atoms with E-state index in [1.54, 1.807) is 12.2 Å². The van der Waals surface area contributed by atoms with E-state index >= 15 is 0 Å². The Morgan fingerprint density at radius 1 is 1.19 bits per heavy atom. The van der Waals surface area contributed by atoms with Crippen LogP contribution in [-0.4, -0.2) is 23.1 Å². The number of carbonyl (C=O) groups excluding carboxylic acids is 1. The number of carbonyl (C=O) groups is 2. The van der Waals surface area contributed by atoms with Gasteiger partial charge in [-0.25, -0.2) is 4.79 Å². The average molecular weight is 288 g/mol. The number of nitrogens with one attached hydrogen (secondary N) is 2. The summed E-state index contributed by atoms with van der Waals surface area (Å²) < 4.78 is 0. The summed E-state index contributed by atoms with van der Waals surface area (Å²) >= 11 is 0. The molecule has 5 nitrogen and oxygen atoms in total. The molecule has 1 aromatic carbocycles. The average Bonchev–Trinajstić information content (AvgIpc) is 2.87. The molecule has 3 N–H and O–H groups in total. The van der Waals surface area contributed by atoms with E-state index in [2.05, 4.69) is 24.5 Å². The van der Waals surface area contributed by atoms with Crippen molar-refractivity contribution in [2.45, 2.75) is 32.2 Å². The maximum Gasteiger partial charge on any atom is 0.319 e. The van der Waals surface area contributed by atoms with Crippen molar-refractivity contribution in [3.63, 3.8) is 0 Å². The number of amides is 2. The molecule has 2 rings (SSSR count). The number of carboxylic acids is 1. The van der Waals surface area contributed by atoms with Gasteiger partial charge in [0.25, 0.3) is 0 Å². The maximum atomic E-state index is 11.9. The molecule has 0 aromatic heterocycles. The molecule has 0 saturated heterocycles. The minimum absolute atomic E-state index is 0.235. The van der Waals surface area contributed by atoms with Gasteiger partial charge in [0.15, 0.2) is 0 Å². The van der Waals surface area contributed by atoms with Crippen LogP contribution in [0.2, 0.25) is 0 Å². The summed E-state index contributed by atoms with van der Waals surface area (Å²) in [6, 6.07) is 7.12. The summed E-state index contributed by atoms with van der Waals surface area (Å²) in [6.45, 7) is 4.22. The summed E-state index contributed by atoms with van der Waals surface area (Å²) in [7, 11) is 0. The Balaban J connectivity index is 1.85. The fourth-order valence-electron chi connectivity index (χ4n) is 2.28. The van der Waals surface area contributed by atoms with Gasteiger partial charge in [0.05, 0.1) is 12.0 Å². The van der Waals surface area contributed by atoms with Crippen LogP contribution in [0.1, 0.15) is 31.7 Å². The first-order valence-corrected chi connectivity index (χ1v) is 7.04. The first-order chi connectivity index (χ1) is 9.95. The van der Waals surface area contributed by atoms with Gasteiger partial charge in [-0.15, -0.1) is 0 Å². The number of benzene rings is 1. The zero-order valence-electron chi connectivity index (χ0n) is 12.2. The molecule has 1 aromatic rings. The Morgan fingerprint density at radius 3 is 2.38 bits per heavy atom. The van der Waals surface area contributed by atoms with Crippen LogP contribution in [0.3, 0.4) is 0 Å². The molecule has 0 fully saturated rings. The van der Waals surface area contributed by atoms with Crippen LogP contribution in [0, 0.1) is 5.92 Å². The molecule has 0 heterocycles. The van der Waals surface area contributed by atoms with Crippen LogP contribution in [0.15, 0.2) is 36.4 Å². The van der Waals surface area contributed by atoms with E-state index in [1.807, 2.05) is 24.3 Å². The van der Waals surface area contributed by atoms with Crippen molar-refractivity contribution < 1.29 is 14.7 Å². The third kappa shape index (κ3) is 4.08. The Bertz CT molecular complexity index is 549. The van der Waals surface area contributed by atoms with E-state index in [9.17, 15) is 9.59 Å². The number of anilines is 1. The van der Waals surface area contributed by atoms with Gasteiger partial charge in [-0.1, -0.05) is 38.1 Å². The third-order valence-corrected chi connectivity index (χ3v) is 3.55. The summed E-state index contributed by atoms with van der Waals surface area (Å²) in [5.74, 6) is -0.926. The van der Waals surface area contributed by atoms with Gasteiger partial charge in [0, 0.05) is 5.69 Å². The minimum Gasteiger partial charge on any atom is -0.481 e. The highest BCUT2D eigenvalue weighted by atomic mass is 16.4. The monoisotopic (exact) mass is 288 g/mol. The van der Waals surface area contributed by atoms with Crippen LogP contribution in [0.25, 0.3) is 0 Å². The predicted molar refractivity (Wildman–Crippen MR) is 81.4 cm³/mol. The second-order valence-corrected chi connectivity index (χ2v) is 5.55. The molecule has 0 spiro atoms. The normalized spacial score (nSPS) is 20.5. The Kier molecular flexibility index (Phi) is 4.62. The number of carboxylic acid groups (broad SMARTS) is 1. The summed E-state index contributed by atoms with van der Waals surface area (Å²) in [5, 5.41) is 14.4. The van der Waals surface area contributed by atoms with E-state index in [0.717, 1.165) is 0 Å². The van der Waals surface area contributed by atoms with Crippen LogP contribution < -0.4 is 10.6 Å². The van der Waals surface area contributed by atoms with Crippen molar-refractivity contribution in [2.75, 3.05) is 5.32 Å². The minimum atomic E-state index is -0.861. The Hall–Kier alpha value is -2.30. The van der Waals surface area contributed by atoms with E-state index in [-0.39, 0.29) is 12.1 Å². The summed E-state index contributed by atoms with van der Waals surface area (Å²) in [5.41, 5.74) is 1.93. The van der Waals surface area contributed by atoms with Gasteiger partial charge in [0.1, 0.15) is 0 Å². The van der Waals surface area contributed by atoms with Gasteiger partial charge in [-0.3, -0.25) is 4.79 Å². The molecule has 0 saturated carbocycles. The number of hydrogen-bond acceptors (Lipinski definition) is 2. The third-order valence-electron chi connectivity index (χ3n) is 3.55. The number of hydrogen-bond donors (Lipinski definition) is 3. The lowest BCUT2D eigenvalue weighted by Gasteiger charge is -2.13. The second-order valence-electron chi connectivity index (χ2n) is 5.55. The number of aliphatic carboxylic acids is 1. The van der Waals surface area contributed by atoms with Crippen molar-refractivity contribution in [1.29, 1.82) is 0 Å². The molecule has 2 unspecified atom stereocenters. The molecule has 1 aliphatic carbocycles. The van der Waals surface area contributed by atoms with E-state index < -0.39 is 11.9 Å². The van der Waals surface area contributed by atoms with Crippen molar-refractivity contribution >= 4 is 17.7 Å². The van der Waals surface area contributed by atoms with Gasteiger partial charge < -0.3 is 15.7 Å². The molecular formula is C16H20N2O3. The lowest BCUT2D eigenvalue weighted by Crippen LogP contribution is -2.36. The number of rotatable bonds is 4. The lowest BCUT2D eigenvalue weighted by molar-refractivity contribution is -0.140. The fraction of sp³-hybridized carbons (Fsp3) is 0.375. The standard InChI is InChI=1S/C16H20N2O3/c1-10(2)11-3-6-13(7-4-11)17-16(21)18-14-8-5-12(9-14)15(19)20/h3-8,10,12,14H,9H2,1-2H3,(H,19,20)(H2,17,18,21). The topological polar surface area (TPSA) is 78.4 Å². The van der Waals surface area contributed by atoms with Gasteiger partial charge in [-0.2, -0.15) is 0 Å². The summed E-state index contributed by atoms with van der Waals surface area (Å²) in [4.78, 5) is 22.7. The van der Waals surface area contributed by atoms with Gasteiger partial charge >= 0.3 is 12.0 Å². The van der Waals surface area contributed by atoms with Crippen LogP contribution >= 0.6 is 0 Å². The van der Waals surface area contributed by atoms with Crippen molar-refractivity contribution in [3.8, 4) is 0 Å². The van der Waals surface area contributed by atoms with Crippen LogP contribution in [0.4, 0.5) is 10.5 Å². The van der Waals surface area contributed by atoms with Gasteiger partial charge in [0.2, 0.25) is 0 Å². The number of urea groups is 1. The molecule has 2 amide bonds. The highest BCUT2D eigenvalue weighted by Crippen LogP contribution is 2.19. The van der Waals surface area contributed by atoms with Crippen molar-refractivity contribution in [1.82, 2.24) is 5.32 Å². The maximum absolute atomic E-state index is 11.9. The van der Waals surface area contributed by atoms with E-state index in [1.165, 1.54) is 5.56 Å². The first kappa shape index (κ1) is 15.1. The van der Waals surface area contributed by atoms with Gasteiger partial charge in [-0.05, 0) is 30.0 Å². The smallest absolute Gasteiger partial charge is 0.319 e. The molecule has 2 atom stereocenters. The zero-order chi connectivity index (χ0) is 15.4. The van der Waals surface area contributed by atoms with Crippen molar-refractivity contribution in [3.05, 3.63) is 42.0 Å². The lowest BCUT2D eigenvalue weighted by atomic mass is 10.0. The highest BCUT2D eigenvalue weighted by Gasteiger charge is 2.25. The Morgan fingerprint density at radius 2 is 1.86 bits per heavy atom. The van der Waals surface area contributed by atoms with Crippen molar-refractivity contribution in [2.24, 2.45) is 5.92 Å². The second kappa shape index (κ2) is 6.43. The Labute approximate surface area is 124 Å². The molecule has 0 bridgehead atoms. The fourth-order valence-corrected chi connectivity index (χ4v) is 2.28. The SMILES string of the molecule is CC(C)c1ccc(NC(=O)NC2C=CC(C(=O)O)C2)cc1. The molecular weight excluding hydrogens is 268 g/mol. The first-order valence-electron chi connectivity index (χ1n) is 7.04. The quantitative estimate of drug-likeness (QED) is 0.745. The molecule has 0 aliphatic heterocycles. The summed E-state index contributed by atoms with van der Waals surface area (Å²) in [6.07, 6.45) is 3.74. The van der Waals surface area contributed by atoms with Crippen LogP contribution in [-0.2, 0) is 4.79 Å². The van der Waals surface area contributed by atoms with E-state index in [0.29, 0.717) is 18.0 Å². The molecule has 1 aliphatic rings. The molecule has 0 radical (unpaired) electrons.